The minimum atomic E-state index is -0.548. The van der Waals surface area contributed by atoms with Crippen LogP contribution in [0.5, 0.6) is 11.5 Å². The van der Waals surface area contributed by atoms with Crippen LogP contribution in [0.4, 0.5) is 11.4 Å². The highest BCUT2D eigenvalue weighted by Crippen LogP contribution is 2.35. The van der Waals surface area contributed by atoms with Crippen molar-refractivity contribution in [2.24, 2.45) is 0 Å². The van der Waals surface area contributed by atoms with Gasteiger partial charge in [-0.05, 0) is 35.9 Å². The van der Waals surface area contributed by atoms with Crippen molar-refractivity contribution in [3.8, 4) is 11.5 Å². The lowest BCUT2D eigenvalue weighted by Crippen LogP contribution is -2.44. The number of fused-ring (bicyclic) bond motifs is 1. The van der Waals surface area contributed by atoms with Crippen molar-refractivity contribution in [1.29, 1.82) is 0 Å². The molecule has 0 saturated heterocycles. The molecule has 5 nitrogen and oxygen atoms in total. The van der Waals surface area contributed by atoms with Crippen molar-refractivity contribution >= 4 is 17.3 Å². The molecule has 1 aliphatic heterocycles. The number of hydrogen-bond donors (Lipinski definition) is 1. The molecular formula is C17H18N2O3. The highest BCUT2D eigenvalue weighted by molar-refractivity contribution is 6.00. The Kier molecular flexibility index (Phi) is 3.63. The minimum Gasteiger partial charge on any atom is -0.497 e. The second-order valence-electron chi connectivity index (χ2n) is 5.29. The van der Waals surface area contributed by atoms with Gasteiger partial charge in [-0.3, -0.25) is 4.79 Å². The van der Waals surface area contributed by atoms with Gasteiger partial charge in [0.15, 0.2) is 6.10 Å². The molecule has 3 rings (SSSR count). The first kappa shape index (κ1) is 14.3. The summed E-state index contributed by atoms with van der Waals surface area (Å²) in [6.07, 6.45) is -0.0577. The maximum absolute atomic E-state index is 12.5. The number of likely N-dealkylation sites (N-methyl/N-ethyl adjacent to an activating group) is 1. The zero-order chi connectivity index (χ0) is 15.7. The van der Waals surface area contributed by atoms with Gasteiger partial charge in [0, 0.05) is 19.2 Å². The molecule has 2 N–H and O–H groups in total. The van der Waals surface area contributed by atoms with Crippen LogP contribution in [0.25, 0.3) is 0 Å². The zero-order valence-electron chi connectivity index (χ0n) is 12.6. The van der Waals surface area contributed by atoms with Gasteiger partial charge >= 0.3 is 0 Å². The first-order valence-electron chi connectivity index (χ1n) is 7.05. The molecule has 1 heterocycles. The Labute approximate surface area is 129 Å². The van der Waals surface area contributed by atoms with Crippen molar-refractivity contribution < 1.29 is 14.3 Å². The van der Waals surface area contributed by atoms with Crippen molar-refractivity contribution in [2.75, 3.05) is 24.8 Å². The van der Waals surface area contributed by atoms with E-state index in [9.17, 15) is 4.79 Å². The normalized spacial score (nSPS) is 16.9. The number of hydrogen-bond acceptors (Lipinski definition) is 4. The molecular weight excluding hydrogens is 280 g/mol. The van der Waals surface area contributed by atoms with E-state index in [0.717, 1.165) is 11.3 Å². The molecule has 1 amide bonds. The monoisotopic (exact) mass is 298 g/mol. The maximum atomic E-state index is 12.5. The van der Waals surface area contributed by atoms with Crippen molar-refractivity contribution in [3.05, 3.63) is 48.0 Å². The molecule has 0 saturated carbocycles. The Morgan fingerprint density at radius 1 is 1.27 bits per heavy atom. The van der Waals surface area contributed by atoms with Gasteiger partial charge < -0.3 is 20.1 Å². The summed E-state index contributed by atoms with van der Waals surface area (Å²) in [5.41, 5.74) is 8.07. The Morgan fingerprint density at radius 3 is 2.86 bits per heavy atom. The minimum absolute atomic E-state index is 0.0825. The van der Waals surface area contributed by atoms with Crippen LogP contribution >= 0.6 is 0 Å². The Balaban J connectivity index is 1.86. The lowest BCUT2D eigenvalue weighted by atomic mass is 10.0. The standard InChI is InChI=1S/C17H18N2O3/c1-19-14-10-12(18)6-7-15(14)22-16(17(19)20)9-11-4-3-5-13(8-11)21-2/h3-8,10,16H,9,18H2,1-2H3. The Morgan fingerprint density at radius 2 is 2.09 bits per heavy atom. The van der Waals surface area contributed by atoms with Crippen molar-refractivity contribution in [2.45, 2.75) is 12.5 Å². The molecule has 2 aromatic rings. The van der Waals surface area contributed by atoms with Crippen molar-refractivity contribution in [3.63, 3.8) is 0 Å². The molecule has 0 bridgehead atoms. The van der Waals surface area contributed by atoms with Crippen LogP contribution in [0.3, 0.4) is 0 Å². The van der Waals surface area contributed by atoms with E-state index in [4.69, 9.17) is 15.2 Å². The predicted molar refractivity (Wildman–Crippen MR) is 85.4 cm³/mol. The third kappa shape index (κ3) is 2.57. The molecule has 0 aliphatic carbocycles. The number of nitrogens with two attached hydrogens (primary N) is 1. The lowest BCUT2D eigenvalue weighted by Gasteiger charge is -2.32. The number of amides is 1. The smallest absolute Gasteiger partial charge is 0.268 e. The van der Waals surface area contributed by atoms with E-state index in [2.05, 4.69) is 0 Å². The molecule has 0 aromatic heterocycles. The van der Waals surface area contributed by atoms with E-state index in [0.29, 0.717) is 23.5 Å². The van der Waals surface area contributed by atoms with Gasteiger partial charge in [-0.15, -0.1) is 0 Å². The average Bonchev–Trinajstić information content (AvgIpc) is 2.53. The lowest BCUT2D eigenvalue weighted by molar-refractivity contribution is -0.125. The molecule has 1 atom stereocenters. The van der Waals surface area contributed by atoms with Crippen LogP contribution in [0.15, 0.2) is 42.5 Å². The zero-order valence-corrected chi connectivity index (χ0v) is 12.6. The molecule has 0 spiro atoms. The van der Waals surface area contributed by atoms with Crippen LogP contribution in [0, 0.1) is 0 Å². The average molecular weight is 298 g/mol. The highest BCUT2D eigenvalue weighted by Gasteiger charge is 2.32. The molecule has 114 valence electrons. The number of carbonyl (C=O) groups is 1. The molecule has 5 heteroatoms. The number of ether oxygens (including phenoxy) is 2. The molecule has 22 heavy (non-hydrogen) atoms. The van der Waals surface area contributed by atoms with Crippen LogP contribution in [0.2, 0.25) is 0 Å². The summed E-state index contributed by atoms with van der Waals surface area (Å²) < 4.78 is 11.1. The summed E-state index contributed by atoms with van der Waals surface area (Å²) >= 11 is 0. The Hall–Kier alpha value is -2.69. The predicted octanol–water partition coefficient (Wildman–Crippen LogP) is 2.24. The van der Waals surface area contributed by atoms with Crippen molar-refractivity contribution in [1.82, 2.24) is 0 Å². The molecule has 0 radical (unpaired) electrons. The first-order chi connectivity index (χ1) is 10.6. The molecule has 2 aromatic carbocycles. The van der Waals surface area contributed by atoms with Gasteiger partial charge in [-0.1, -0.05) is 12.1 Å². The Bertz CT molecular complexity index is 715. The van der Waals surface area contributed by atoms with E-state index in [1.807, 2.05) is 24.3 Å². The van der Waals surface area contributed by atoms with Crippen LogP contribution in [-0.2, 0) is 11.2 Å². The van der Waals surface area contributed by atoms with E-state index < -0.39 is 6.10 Å². The molecule has 1 unspecified atom stereocenters. The molecule has 1 aliphatic rings. The summed E-state index contributed by atoms with van der Waals surface area (Å²) in [5.74, 6) is 1.35. The second-order valence-corrected chi connectivity index (χ2v) is 5.29. The number of carbonyl (C=O) groups excluding carboxylic acids is 1. The van der Waals surface area contributed by atoms with Gasteiger partial charge in [0.25, 0.3) is 5.91 Å². The fourth-order valence-corrected chi connectivity index (χ4v) is 2.58. The van der Waals surface area contributed by atoms with E-state index in [1.54, 1.807) is 37.3 Å². The first-order valence-corrected chi connectivity index (χ1v) is 7.05. The van der Waals surface area contributed by atoms with E-state index in [-0.39, 0.29) is 5.91 Å². The highest BCUT2D eigenvalue weighted by atomic mass is 16.5. The van der Waals surface area contributed by atoms with Gasteiger partial charge in [-0.25, -0.2) is 0 Å². The maximum Gasteiger partial charge on any atom is 0.268 e. The van der Waals surface area contributed by atoms with Gasteiger partial charge in [0.2, 0.25) is 0 Å². The quantitative estimate of drug-likeness (QED) is 0.883. The summed E-state index contributed by atoms with van der Waals surface area (Å²) in [5, 5.41) is 0. The number of methoxy groups -OCH3 is 1. The van der Waals surface area contributed by atoms with Gasteiger partial charge in [0.05, 0.1) is 12.8 Å². The summed E-state index contributed by atoms with van der Waals surface area (Å²) in [6.45, 7) is 0. The number of anilines is 2. The fourth-order valence-electron chi connectivity index (χ4n) is 2.58. The van der Waals surface area contributed by atoms with Crippen LogP contribution in [-0.4, -0.2) is 26.2 Å². The summed E-state index contributed by atoms with van der Waals surface area (Å²) in [7, 11) is 3.36. The topological polar surface area (TPSA) is 64.8 Å². The van der Waals surface area contributed by atoms with E-state index in [1.165, 1.54) is 0 Å². The largest absolute Gasteiger partial charge is 0.497 e. The summed E-state index contributed by atoms with van der Waals surface area (Å²) in [4.78, 5) is 14.1. The van der Waals surface area contributed by atoms with Gasteiger partial charge in [0.1, 0.15) is 11.5 Å². The third-order valence-corrected chi connectivity index (χ3v) is 3.77. The van der Waals surface area contributed by atoms with Crippen LogP contribution in [0.1, 0.15) is 5.56 Å². The number of rotatable bonds is 3. The van der Waals surface area contributed by atoms with E-state index >= 15 is 0 Å². The van der Waals surface area contributed by atoms with Gasteiger partial charge in [-0.2, -0.15) is 0 Å². The third-order valence-electron chi connectivity index (χ3n) is 3.77. The number of nitrogens with zero attached hydrogens (tertiary/aromatic N) is 1. The number of nitrogen functional groups attached to an aromatic ring is 1. The summed E-state index contributed by atoms with van der Waals surface area (Å²) in [6, 6.07) is 13.0. The second kappa shape index (κ2) is 5.60. The molecule has 0 fully saturated rings. The van der Waals surface area contributed by atoms with Crippen LogP contribution < -0.4 is 20.1 Å². The number of benzene rings is 2. The SMILES string of the molecule is COc1cccc(CC2Oc3ccc(N)cc3N(C)C2=O)c1. The fraction of sp³-hybridized carbons (Fsp3) is 0.235.